The molecule has 1 aliphatic heterocycles. The lowest BCUT2D eigenvalue weighted by atomic mass is 10.1. The van der Waals surface area contributed by atoms with Crippen molar-refractivity contribution in [3.8, 4) is 0 Å². The summed E-state index contributed by atoms with van der Waals surface area (Å²) in [6.07, 6.45) is 4.32. The molecule has 0 atom stereocenters. The SMILES string of the molecule is O=C1C(=O)N(C2CCCC2)CCN1Cc1ccc(Cl)nn1.[HH]. The molecular formula is C14H19ClN4O2. The minimum Gasteiger partial charge on any atom is -0.330 e. The maximum atomic E-state index is 12.2. The number of aromatic nitrogens is 2. The Balaban J connectivity index is 0.00000176. The van der Waals surface area contributed by atoms with Gasteiger partial charge in [0.25, 0.3) is 0 Å². The Morgan fingerprint density at radius 3 is 2.57 bits per heavy atom. The molecule has 1 saturated heterocycles. The number of amides is 2. The summed E-state index contributed by atoms with van der Waals surface area (Å²) in [5.41, 5.74) is 0.634. The zero-order valence-corrected chi connectivity index (χ0v) is 12.4. The lowest BCUT2D eigenvalue weighted by Gasteiger charge is -2.36. The number of rotatable bonds is 3. The molecule has 1 saturated carbocycles. The van der Waals surface area contributed by atoms with E-state index in [1.807, 2.05) is 0 Å². The molecule has 3 rings (SSSR count). The third kappa shape index (κ3) is 3.00. The minimum absolute atomic E-state index is 0. The van der Waals surface area contributed by atoms with Crippen LogP contribution in [0.5, 0.6) is 0 Å². The highest BCUT2D eigenvalue weighted by Gasteiger charge is 2.37. The average molecular weight is 311 g/mol. The van der Waals surface area contributed by atoms with Crippen LogP contribution in [0, 0.1) is 0 Å². The van der Waals surface area contributed by atoms with Crippen molar-refractivity contribution in [2.45, 2.75) is 38.3 Å². The summed E-state index contributed by atoms with van der Waals surface area (Å²) in [6.45, 7) is 1.45. The molecule has 0 radical (unpaired) electrons. The van der Waals surface area contributed by atoms with Crippen LogP contribution in [-0.4, -0.2) is 50.9 Å². The van der Waals surface area contributed by atoms with Gasteiger partial charge in [-0.05, 0) is 25.0 Å². The minimum atomic E-state index is -0.440. The molecule has 21 heavy (non-hydrogen) atoms. The fourth-order valence-electron chi connectivity index (χ4n) is 3.03. The quantitative estimate of drug-likeness (QED) is 0.793. The standard InChI is InChI=1S/C14H17ClN4O2.H2/c15-12-6-5-10(16-17-12)9-18-7-8-19(14(21)13(18)20)11-3-1-2-4-11;/h5-6,11H,1-4,7-9H2;1H. The highest BCUT2D eigenvalue weighted by Crippen LogP contribution is 2.25. The van der Waals surface area contributed by atoms with Crippen molar-refractivity contribution >= 4 is 23.4 Å². The summed E-state index contributed by atoms with van der Waals surface area (Å²) in [6, 6.07) is 3.60. The number of halogens is 1. The maximum absolute atomic E-state index is 12.2. The van der Waals surface area contributed by atoms with E-state index in [1.165, 1.54) is 4.90 Å². The van der Waals surface area contributed by atoms with E-state index in [2.05, 4.69) is 10.2 Å². The lowest BCUT2D eigenvalue weighted by molar-refractivity contribution is -0.158. The number of piperazine rings is 1. The van der Waals surface area contributed by atoms with Crippen LogP contribution in [0.3, 0.4) is 0 Å². The van der Waals surface area contributed by atoms with Crippen LogP contribution in [0.25, 0.3) is 0 Å². The van der Waals surface area contributed by atoms with Crippen LogP contribution in [0.15, 0.2) is 12.1 Å². The molecule has 7 heteroatoms. The first-order valence-electron chi connectivity index (χ1n) is 7.23. The first-order valence-corrected chi connectivity index (χ1v) is 7.61. The normalized spacial score (nSPS) is 20.4. The number of hydrogen-bond donors (Lipinski definition) is 0. The second-order valence-electron chi connectivity index (χ2n) is 5.51. The van der Waals surface area contributed by atoms with E-state index in [9.17, 15) is 9.59 Å². The van der Waals surface area contributed by atoms with Crippen molar-refractivity contribution < 1.29 is 11.0 Å². The van der Waals surface area contributed by atoms with E-state index in [0.717, 1.165) is 25.7 Å². The molecule has 114 valence electrons. The summed E-state index contributed by atoms with van der Waals surface area (Å²) in [7, 11) is 0. The van der Waals surface area contributed by atoms with Gasteiger partial charge < -0.3 is 9.80 Å². The molecule has 2 heterocycles. The van der Waals surface area contributed by atoms with Gasteiger partial charge in [0.15, 0.2) is 5.15 Å². The van der Waals surface area contributed by atoms with Gasteiger partial charge in [-0.2, -0.15) is 5.10 Å². The van der Waals surface area contributed by atoms with E-state index < -0.39 is 5.91 Å². The van der Waals surface area contributed by atoms with Gasteiger partial charge in [-0.15, -0.1) is 5.10 Å². The molecule has 0 bridgehead atoms. The predicted octanol–water partition coefficient (Wildman–Crippen LogP) is 1.49. The van der Waals surface area contributed by atoms with E-state index in [1.54, 1.807) is 17.0 Å². The zero-order valence-electron chi connectivity index (χ0n) is 11.7. The Bertz CT molecular complexity index is 548. The topological polar surface area (TPSA) is 66.4 Å². The summed E-state index contributed by atoms with van der Waals surface area (Å²) in [5, 5.41) is 7.99. The molecule has 0 aromatic carbocycles. The van der Waals surface area contributed by atoms with Crippen molar-refractivity contribution in [3.05, 3.63) is 23.0 Å². The van der Waals surface area contributed by atoms with Gasteiger partial charge in [-0.25, -0.2) is 0 Å². The number of nitrogens with zero attached hydrogens (tertiary/aromatic N) is 4. The second kappa shape index (κ2) is 5.97. The van der Waals surface area contributed by atoms with Crippen LogP contribution in [0.1, 0.15) is 32.8 Å². The van der Waals surface area contributed by atoms with Crippen LogP contribution in [0.4, 0.5) is 0 Å². The third-order valence-corrected chi connectivity index (χ3v) is 4.35. The molecule has 2 fully saturated rings. The molecule has 1 aliphatic carbocycles. The summed E-state index contributed by atoms with van der Waals surface area (Å²) < 4.78 is 0. The van der Waals surface area contributed by atoms with Crippen molar-refractivity contribution in [1.29, 1.82) is 0 Å². The Labute approximate surface area is 129 Å². The van der Waals surface area contributed by atoms with Gasteiger partial charge in [0.2, 0.25) is 0 Å². The highest BCUT2D eigenvalue weighted by atomic mass is 35.5. The smallest absolute Gasteiger partial charge is 0.312 e. The summed E-state index contributed by atoms with van der Waals surface area (Å²) in [4.78, 5) is 27.8. The third-order valence-electron chi connectivity index (χ3n) is 4.15. The van der Waals surface area contributed by atoms with E-state index >= 15 is 0 Å². The fourth-order valence-corrected chi connectivity index (χ4v) is 3.13. The van der Waals surface area contributed by atoms with Crippen LogP contribution >= 0.6 is 11.6 Å². The molecule has 2 aliphatic rings. The molecule has 0 unspecified atom stereocenters. The number of hydrogen-bond acceptors (Lipinski definition) is 4. The molecular weight excluding hydrogens is 292 g/mol. The van der Waals surface area contributed by atoms with E-state index in [-0.39, 0.29) is 13.4 Å². The van der Waals surface area contributed by atoms with Crippen LogP contribution in [-0.2, 0) is 16.1 Å². The molecule has 1 aromatic heterocycles. The highest BCUT2D eigenvalue weighted by molar-refractivity contribution is 6.35. The van der Waals surface area contributed by atoms with Gasteiger partial charge in [-0.1, -0.05) is 24.4 Å². The predicted molar refractivity (Wildman–Crippen MR) is 78.5 cm³/mol. The molecule has 2 amide bonds. The fraction of sp³-hybridized carbons (Fsp3) is 0.571. The second-order valence-corrected chi connectivity index (χ2v) is 5.90. The first-order chi connectivity index (χ1) is 10.1. The van der Waals surface area contributed by atoms with Crippen molar-refractivity contribution in [2.75, 3.05) is 13.1 Å². The molecule has 0 N–H and O–H groups in total. The summed E-state index contributed by atoms with van der Waals surface area (Å²) >= 11 is 5.68. The van der Waals surface area contributed by atoms with Gasteiger partial charge >= 0.3 is 11.8 Å². The van der Waals surface area contributed by atoms with Gasteiger partial charge in [0.1, 0.15) is 0 Å². The van der Waals surface area contributed by atoms with E-state index in [0.29, 0.717) is 30.5 Å². The van der Waals surface area contributed by atoms with Crippen molar-refractivity contribution in [2.24, 2.45) is 0 Å². The van der Waals surface area contributed by atoms with Gasteiger partial charge in [-0.3, -0.25) is 9.59 Å². The van der Waals surface area contributed by atoms with Crippen LogP contribution < -0.4 is 0 Å². The van der Waals surface area contributed by atoms with E-state index in [4.69, 9.17) is 11.6 Å². The monoisotopic (exact) mass is 310 g/mol. The largest absolute Gasteiger partial charge is 0.330 e. The number of carbonyl (C=O) groups excluding carboxylic acids is 2. The van der Waals surface area contributed by atoms with Gasteiger partial charge in [0.05, 0.1) is 12.2 Å². The zero-order chi connectivity index (χ0) is 14.8. The first kappa shape index (κ1) is 14.3. The molecule has 0 spiro atoms. The Morgan fingerprint density at radius 2 is 1.90 bits per heavy atom. The summed E-state index contributed by atoms with van der Waals surface area (Å²) in [5.74, 6) is -0.819. The van der Waals surface area contributed by atoms with Crippen molar-refractivity contribution in [1.82, 2.24) is 20.0 Å². The average Bonchev–Trinajstić information content (AvgIpc) is 3.00. The van der Waals surface area contributed by atoms with Crippen LogP contribution in [0.2, 0.25) is 5.15 Å². The Hall–Kier alpha value is -1.69. The molecule has 1 aromatic rings. The molecule has 6 nitrogen and oxygen atoms in total. The lowest BCUT2D eigenvalue weighted by Crippen LogP contribution is -2.56. The van der Waals surface area contributed by atoms with Gasteiger partial charge in [0, 0.05) is 20.6 Å². The Morgan fingerprint density at radius 1 is 1.14 bits per heavy atom. The Kier molecular flexibility index (Phi) is 4.05. The van der Waals surface area contributed by atoms with Crippen molar-refractivity contribution in [3.63, 3.8) is 0 Å². The maximum Gasteiger partial charge on any atom is 0.312 e. The number of carbonyl (C=O) groups is 2.